The second-order valence-corrected chi connectivity index (χ2v) is 8.75. The second kappa shape index (κ2) is 9.01. The van der Waals surface area contributed by atoms with Crippen LogP contribution in [0.2, 0.25) is 0 Å². The smallest absolute Gasteiger partial charge is 0.265 e. The molecule has 1 aliphatic heterocycles. The van der Waals surface area contributed by atoms with Crippen LogP contribution < -0.4 is 10.6 Å². The summed E-state index contributed by atoms with van der Waals surface area (Å²) in [6.45, 7) is 7.97. The molecule has 1 aromatic carbocycles. The van der Waals surface area contributed by atoms with Crippen molar-refractivity contribution >= 4 is 33.8 Å². The molecule has 0 spiro atoms. The Morgan fingerprint density at radius 3 is 2.71 bits per heavy atom. The first-order chi connectivity index (χ1) is 14.9. The number of carbonyl (C=O) groups excluding carboxylic acids is 1. The van der Waals surface area contributed by atoms with E-state index in [4.69, 9.17) is 4.98 Å². The molecule has 1 amide bonds. The Morgan fingerprint density at radius 2 is 1.97 bits per heavy atom. The number of amides is 1. The predicted molar refractivity (Wildman–Crippen MR) is 123 cm³/mol. The van der Waals surface area contributed by atoms with Gasteiger partial charge in [-0.2, -0.15) is 0 Å². The van der Waals surface area contributed by atoms with Crippen LogP contribution in [-0.4, -0.2) is 40.4 Å². The van der Waals surface area contributed by atoms with E-state index in [-0.39, 0.29) is 17.6 Å². The predicted octanol–water partition coefficient (Wildman–Crippen LogP) is 5.10. The highest BCUT2D eigenvalue weighted by Crippen LogP contribution is 2.32. The molecule has 6 nitrogen and oxygen atoms in total. The second-order valence-electron chi connectivity index (χ2n) is 7.75. The van der Waals surface area contributed by atoms with E-state index in [0.717, 1.165) is 46.6 Å². The molecule has 0 radical (unpaired) electrons. The van der Waals surface area contributed by atoms with Crippen molar-refractivity contribution in [2.75, 3.05) is 30.3 Å². The molecule has 0 bridgehead atoms. The summed E-state index contributed by atoms with van der Waals surface area (Å²) in [6, 6.07) is 10.3. The van der Waals surface area contributed by atoms with E-state index in [2.05, 4.69) is 15.6 Å². The molecule has 2 N–H and O–H groups in total. The van der Waals surface area contributed by atoms with Crippen molar-refractivity contribution in [2.24, 2.45) is 0 Å². The van der Waals surface area contributed by atoms with Crippen LogP contribution in [0.15, 0.2) is 36.4 Å². The van der Waals surface area contributed by atoms with Crippen LogP contribution in [0.25, 0.3) is 0 Å². The third-order valence-corrected chi connectivity index (χ3v) is 6.42. The highest BCUT2D eigenvalue weighted by molar-refractivity contribution is 7.17. The van der Waals surface area contributed by atoms with Crippen LogP contribution in [0, 0.1) is 19.7 Å². The Balaban J connectivity index is 1.48. The van der Waals surface area contributed by atoms with Crippen LogP contribution in [-0.2, 0) is 0 Å². The number of nitrogens with one attached hydrogen (secondary N) is 2. The van der Waals surface area contributed by atoms with Gasteiger partial charge < -0.3 is 15.5 Å². The zero-order chi connectivity index (χ0) is 22.0. The van der Waals surface area contributed by atoms with Gasteiger partial charge in [0, 0.05) is 48.3 Å². The average molecular weight is 440 g/mol. The normalized spacial score (nSPS) is 15.9. The standard InChI is InChI=1S/C23H26FN5OS/c1-4-25-23-27-15(3)21(31-23)22(30)29-10-9-16(13-29)20-12-19(11-14(2)26-20)28-18-7-5-17(24)6-8-18/h5-8,11-12,16H,4,9-10,13H2,1-3H3,(H,25,27)(H,26,28)/t16-/m0/s1. The lowest BCUT2D eigenvalue weighted by Gasteiger charge is -2.17. The minimum Gasteiger partial charge on any atom is -0.362 e. The van der Waals surface area contributed by atoms with E-state index < -0.39 is 0 Å². The van der Waals surface area contributed by atoms with E-state index in [1.807, 2.05) is 37.8 Å². The average Bonchev–Trinajstić information content (AvgIpc) is 3.36. The van der Waals surface area contributed by atoms with Gasteiger partial charge in [-0.25, -0.2) is 9.37 Å². The third-order valence-electron chi connectivity index (χ3n) is 5.32. The first-order valence-electron chi connectivity index (χ1n) is 10.4. The number of carbonyl (C=O) groups is 1. The first kappa shape index (κ1) is 21.2. The number of aromatic nitrogens is 2. The lowest BCUT2D eigenvalue weighted by molar-refractivity contribution is 0.0794. The molecule has 3 heterocycles. The number of nitrogens with zero attached hydrogens (tertiary/aromatic N) is 3. The Hall–Kier alpha value is -3.00. The molecule has 8 heteroatoms. The molecule has 1 atom stereocenters. The molecule has 1 fully saturated rings. The number of pyridine rings is 1. The van der Waals surface area contributed by atoms with Gasteiger partial charge in [-0.3, -0.25) is 9.78 Å². The summed E-state index contributed by atoms with van der Waals surface area (Å²) < 4.78 is 13.2. The van der Waals surface area contributed by atoms with E-state index in [1.165, 1.54) is 23.5 Å². The van der Waals surface area contributed by atoms with Crippen LogP contribution in [0.4, 0.5) is 20.9 Å². The first-order valence-corrected chi connectivity index (χ1v) is 11.3. The summed E-state index contributed by atoms with van der Waals surface area (Å²) in [5, 5.41) is 7.29. The van der Waals surface area contributed by atoms with Gasteiger partial charge >= 0.3 is 0 Å². The van der Waals surface area contributed by atoms with Gasteiger partial charge in [-0.05, 0) is 63.6 Å². The summed E-state index contributed by atoms with van der Waals surface area (Å²) in [6.07, 6.45) is 0.871. The molecular formula is C23H26FN5OS. The van der Waals surface area contributed by atoms with Gasteiger partial charge in [0.15, 0.2) is 5.13 Å². The molecular weight excluding hydrogens is 413 g/mol. The van der Waals surface area contributed by atoms with Crippen molar-refractivity contribution in [3.8, 4) is 0 Å². The van der Waals surface area contributed by atoms with Crippen LogP contribution in [0.5, 0.6) is 0 Å². The number of thiazole rings is 1. The summed E-state index contributed by atoms with van der Waals surface area (Å²) >= 11 is 1.42. The van der Waals surface area contributed by atoms with Gasteiger partial charge in [-0.15, -0.1) is 0 Å². The van der Waals surface area contributed by atoms with Crippen molar-refractivity contribution in [3.05, 3.63) is 64.2 Å². The van der Waals surface area contributed by atoms with Crippen molar-refractivity contribution in [3.63, 3.8) is 0 Å². The molecule has 2 aromatic heterocycles. The molecule has 0 saturated carbocycles. The molecule has 1 saturated heterocycles. The highest BCUT2D eigenvalue weighted by atomic mass is 32.1. The fourth-order valence-corrected chi connectivity index (χ4v) is 4.83. The Morgan fingerprint density at radius 1 is 1.19 bits per heavy atom. The van der Waals surface area contributed by atoms with Gasteiger partial charge in [-0.1, -0.05) is 11.3 Å². The van der Waals surface area contributed by atoms with Crippen LogP contribution >= 0.6 is 11.3 Å². The van der Waals surface area contributed by atoms with Gasteiger partial charge in [0.25, 0.3) is 5.91 Å². The molecule has 4 rings (SSSR count). The monoisotopic (exact) mass is 439 g/mol. The zero-order valence-electron chi connectivity index (χ0n) is 17.9. The lowest BCUT2D eigenvalue weighted by Crippen LogP contribution is -2.28. The molecule has 1 aliphatic rings. The summed E-state index contributed by atoms with van der Waals surface area (Å²) in [5.74, 6) is -0.0420. The van der Waals surface area contributed by atoms with E-state index in [1.54, 1.807) is 12.1 Å². The number of rotatable bonds is 6. The topological polar surface area (TPSA) is 70.2 Å². The maximum absolute atomic E-state index is 13.2. The number of benzene rings is 1. The van der Waals surface area contributed by atoms with E-state index >= 15 is 0 Å². The fourth-order valence-electron chi connectivity index (χ4n) is 3.83. The minimum atomic E-state index is -0.262. The number of aryl methyl sites for hydroxylation is 2. The van der Waals surface area contributed by atoms with Crippen molar-refractivity contribution in [1.29, 1.82) is 0 Å². The minimum absolute atomic E-state index is 0.0407. The summed E-state index contributed by atoms with van der Waals surface area (Å²) in [4.78, 5) is 24.9. The molecule has 0 aliphatic carbocycles. The lowest BCUT2D eigenvalue weighted by atomic mass is 10.0. The number of likely N-dealkylation sites (tertiary alicyclic amines) is 1. The van der Waals surface area contributed by atoms with Gasteiger partial charge in [0.2, 0.25) is 0 Å². The summed E-state index contributed by atoms with van der Waals surface area (Å²) in [7, 11) is 0. The number of anilines is 3. The number of hydrogen-bond acceptors (Lipinski definition) is 6. The Kier molecular flexibility index (Phi) is 6.18. The quantitative estimate of drug-likeness (QED) is 0.559. The van der Waals surface area contributed by atoms with Crippen LogP contribution in [0.1, 0.15) is 46.0 Å². The van der Waals surface area contributed by atoms with Crippen molar-refractivity contribution < 1.29 is 9.18 Å². The maximum atomic E-state index is 13.2. The molecule has 3 aromatic rings. The van der Waals surface area contributed by atoms with E-state index in [0.29, 0.717) is 18.0 Å². The molecule has 31 heavy (non-hydrogen) atoms. The van der Waals surface area contributed by atoms with Gasteiger partial charge in [0.1, 0.15) is 10.7 Å². The van der Waals surface area contributed by atoms with Crippen molar-refractivity contribution in [1.82, 2.24) is 14.9 Å². The fraction of sp³-hybridized carbons (Fsp3) is 0.348. The maximum Gasteiger partial charge on any atom is 0.265 e. The third kappa shape index (κ3) is 4.85. The highest BCUT2D eigenvalue weighted by Gasteiger charge is 2.31. The largest absolute Gasteiger partial charge is 0.362 e. The van der Waals surface area contributed by atoms with Crippen LogP contribution in [0.3, 0.4) is 0 Å². The van der Waals surface area contributed by atoms with E-state index in [9.17, 15) is 9.18 Å². The molecule has 0 unspecified atom stereocenters. The van der Waals surface area contributed by atoms with Gasteiger partial charge in [0.05, 0.1) is 5.69 Å². The SMILES string of the molecule is CCNc1nc(C)c(C(=O)N2CC[C@H](c3cc(Nc4ccc(F)cc4)cc(C)n3)C2)s1. The Bertz CT molecular complexity index is 1080. The number of halogens is 1. The Labute approximate surface area is 185 Å². The van der Waals surface area contributed by atoms with Crippen molar-refractivity contribution in [2.45, 2.75) is 33.1 Å². The summed E-state index contributed by atoms with van der Waals surface area (Å²) in [5.41, 5.74) is 4.37. The zero-order valence-corrected chi connectivity index (χ0v) is 18.7. The molecule has 162 valence electrons. The number of hydrogen-bond donors (Lipinski definition) is 2.